The van der Waals surface area contributed by atoms with Crippen molar-refractivity contribution >= 4 is 5.82 Å². The Kier molecular flexibility index (Phi) is 2.36. The SMILES string of the molecule is O=c1ccc(C(F)F)c([N+](=O)[O-])[nH]1. The maximum Gasteiger partial charge on any atom is 0.332 e. The summed E-state index contributed by atoms with van der Waals surface area (Å²) in [5.41, 5.74) is -1.57. The minimum absolute atomic E-state index is 0.738. The molecule has 0 aliphatic heterocycles. The zero-order valence-corrected chi connectivity index (χ0v) is 6.16. The molecule has 0 radical (unpaired) electrons. The van der Waals surface area contributed by atoms with Crippen LogP contribution in [0.2, 0.25) is 0 Å². The number of nitrogens with zero attached hydrogens (tertiary/aromatic N) is 1. The van der Waals surface area contributed by atoms with Crippen LogP contribution in [0.4, 0.5) is 14.6 Å². The van der Waals surface area contributed by atoms with Crippen molar-refractivity contribution in [2.75, 3.05) is 0 Å². The summed E-state index contributed by atoms with van der Waals surface area (Å²) >= 11 is 0. The fourth-order valence-corrected chi connectivity index (χ4v) is 0.802. The van der Waals surface area contributed by atoms with Gasteiger partial charge in [-0.2, -0.15) is 0 Å². The number of rotatable bonds is 2. The van der Waals surface area contributed by atoms with Gasteiger partial charge in [0.15, 0.2) is 0 Å². The number of nitro groups is 1. The Morgan fingerprint density at radius 2 is 2.08 bits per heavy atom. The minimum atomic E-state index is -2.97. The molecule has 0 fully saturated rings. The highest BCUT2D eigenvalue weighted by Crippen LogP contribution is 2.24. The van der Waals surface area contributed by atoms with E-state index in [0.29, 0.717) is 0 Å². The molecule has 0 spiro atoms. The number of nitrogens with one attached hydrogen (secondary N) is 1. The molecule has 1 N–H and O–H groups in total. The lowest BCUT2D eigenvalue weighted by atomic mass is 10.3. The van der Waals surface area contributed by atoms with Gasteiger partial charge in [-0.25, -0.2) is 18.6 Å². The van der Waals surface area contributed by atoms with Gasteiger partial charge >= 0.3 is 11.4 Å². The number of H-pyrrole nitrogens is 1. The van der Waals surface area contributed by atoms with Crippen molar-refractivity contribution in [3.05, 3.63) is 38.2 Å². The third-order valence-electron chi connectivity index (χ3n) is 1.35. The van der Waals surface area contributed by atoms with Gasteiger partial charge in [-0.15, -0.1) is 0 Å². The maximum atomic E-state index is 12.1. The molecule has 0 atom stereocenters. The summed E-state index contributed by atoms with van der Waals surface area (Å²) in [4.78, 5) is 21.4. The highest BCUT2D eigenvalue weighted by Gasteiger charge is 2.20. The van der Waals surface area contributed by atoms with Crippen LogP contribution in [0, 0.1) is 10.1 Å². The molecule has 70 valence electrons. The predicted octanol–water partition coefficient (Wildman–Crippen LogP) is 1.22. The van der Waals surface area contributed by atoms with Gasteiger partial charge in [-0.3, -0.25) is 0 Å². The van der Waals surface area contributed by atoms with E-state index >= 15 is 0 Å². The zero-order valence-electron chi connectivity index (χ0n) is 6.16. The molecule has 0 amide bonds. The van der Waals surface area contributed by atoms with E-state index in [-0.39, 0.29) is 0 Å². The lowest BCUT2D eigenvalue weighted by Crippen LogP contribution is -2.09. The average Bonchev–Trinajstić information content (AvgIpc) is 2.03. The first kappa shape index (κ1) is 9.30. The molecule has 0 aliphatic carbocycles. The molecular formula is C6H4F2N2O3. The fraction of sp³-hybridized carbons (Fsp3) is 0.167. The first-order valence-corrected chi connectivity index (χ1v) is 3.18. The minimum Gasteiger partial charge on any atom is -0.358 e. The Labute approximate surface area is 70.2 Å². The van der Waals surface area contributed by atoms with Gasteiger partial charge < -0.3 is 10.1 Å². The molecule has 0 aliphatic rings. The van der Waals surface area contributed by atoms with Crippen molar-refractivity contribution in [2.45, 2.75) is 6.43 Å². The highest BCUT2D eigenvalue weighted by molar-refractivity contribution is 5.32. The van der Waals surface area contributed by atoms with Gasteiger partial charge in [0, 0.05) is 6.07 Å². The summed E-state index contributed by atoms with van der Waals surface area (Å²) in [6.45, 7) is 0. The quantitative estimate of drug-likeness (QED) is 0.562. The van der Waals surface area contributed by atoms with E-state index in [0.717, 1.165) is 12.1 Å². The third-order valence-corrected chi connectivity index (χ3v) is 1.35. The molecule has 0 unspecified atom stereocenters. The molecule has 1 aromatic rings. The van der Waals surface area contributed by atoms with Crippen LogP contribution in [0.5, 0.6) is 0 Å². The molecule has 0 saturated heterocycles. The van der Waals surface area contributed by atoms with E-state index in [1.54, 1.807) is 4.98 Å². The van der Waals surface area contributed by atoms with Crippen molar-refractivity contribution in [3.8, 4) is 0 Å². The topological polar surface area (TPSA) is 76.0 Å². The number of halogens is 2. The fourth-order valence-electron chi connectivity index (χ4n) is 0.802. The van der Waals surface area contributed by atoms with E-state index in [1.807, 2.05) is 0 Å². The highest BCUT2D eigenvalue weighted by atomic mass is 19.3. The number of hydrogen-bond donors (Lipinski definition) is 1. The number of aromatic amines is 1. The normalized spacial score (nSPS) is 10.4. The van der Waals surface area contributed by atoms with E-state index in [2.05, 4.69) is 0 Å². The van der Waals surface area contributed by atoms with E-state index in [1.165, 1.54) is 0 Å². The predicted molar refractivity (Wildman–Crippen MR) is 38.7 cm³/mol. The molecule has 13 heavy (non-hydrogen) atoms. The average molecular weight is 190 g/mol. The smallest absolute Gasteiger partial charge is 0.332 e. The summed E-state index contributed by atoms with van der Waals surface area (Å²) in [5.74, 6) is -0.956. The van der Waals surface area contributed by atoms with Gasteiger partial charge in [-0.05, 0) is 11.0 Å². The van der Waals surface area contributed by atoms with Gasteiger partial charge in [0.25, 0.3) is 6.43 Å². The van der Waals surface area contributed by atoms with Crippen molar-refractivity contribution in [3.63, 3.8) is 0 Å². The summed E-state index contributed by atoms with van der Waals surface area (Å²) < 4.78 is 24.2. The number of aromatic nitrogens is 1. The Balaban J connectivity index is 3.35. The molecule has 5 nitrogen and oxygen atoms in total. The maximum absolute atomic E-state index is 12.1. The van der Waals surface area contributed by atoms with E-state index in [9.17, 15) is 23.7 Å². The summed E-state index contributed by atoms with van der Waals surface area (Å²) in [6, 6.07) is 1.55. The molecule has 1 rings (SSSR count). The summed E-state index contributed by atoms with van der Waals surface area (Å²) in [5, 5.41) is 10.2. The van der Waals surface area contributed by atoms with Crippen molar-refractivity contribution in [1.29, 1.82) is 0 Å². The van der Waals surface area contributed by atoms with Gasteiger partial charge in [0.05, 0.1) is 0 Å². The first-order valence-electron chi connectivity index (χ1n) is 3.18. The zero-order chi connectivity index (χ0) is 10.0. The van der Waals surface area contributed by atoms with Crippen LogP contribution < -0.4 is 5.56 Å². The van der Waals surface area contributed by atoms with Crippen molar-refractivity contribution in [2.24, 2.45) is 0 Å². The molecular weight excluding hydrogens is 186 g/mol. The molecule has 1 heterocycles. The molecule has 1 aromatic heterocycles. The number of hydrogen-bond acceptors (Lipinski definition) is 3. The van der Waals surface area contributed by atoms with Crippen LogP contribution in [0.1, 0.15) is 12.0 Å². The van der Waals surface area contributed by atoms with E-state index in [4.69, 9.17) is 0 Å². The second-order valence-corrected chi connectivity index (χ2v) is 2.18. The Morgan fingerprint density at radius 1 is 1.46 bits per heavy atom. The van der Waals surface area contributed by atoms with Crippen LogP contribution in [0.3, 0.4) is 0 Å². The molecule has 0 aromatic carbocycles. The van der Waals surface area contributed by atoms with Crippen LogP contribution in [0.15, 0.2) is 16.9 Å². The Hall–Kier alpha value is -1.79. The van der Waals surface area contributed by atoms with Gasteiger partial charge in [-0.1, -0.05) is 0 Å². The lowest BCUT2D eigenvalue weighted by molar-refractivity contribution is -0.391. The lowest BCUT2D eigenvalue weighted by Gasteiger charge is -2.00. The van der Waals surface area contributed by atoms with Gasteiger partial charge in [0.2, 0.25) is 0 Å². The first-order chi connectivity index (χ1) is 6.02. The van der Waals surface area contributed by atoms with Crippen LogP contribution >= 0.6 is 0 Å². The second-order valence-electron chi connectivity index (χ2n) is 2.18. The molecule has 7 heteroatoms. The second kappa shape index (κ2) is 3.30. The molecule has 0 bridgehead atoms. The van der Waals surface area contributed by atoms with Gasteiger partial charge in [0.1, 0.15) is 5.56 Å². The monoisotopic (exact) mass is 190 g/mol. The summed E-state index contributed by atoms with van der Waals surface area (Å²) in [6.07, 6.45) is -2.97. The Bertz CT molecular complexity index is 388. The summed E-state index contributed by atoms with van der Waals surface area (Å²) in [7, 11) is 0. The molecule has 0 saturated carbocycles. The van der Waals surface area contributed by atoms with Crippen molar-refractivity contribution < 1.29 is 13.7 Å². The number of alkyl halides is 2. The van der Waals surface area contributed by atoms with Crippen LogP contribution in [0.25, 0.3) is 0 Å². The van der Waals surface area contributed by atoms with Crippen LogP contribution in [-0.2, 0) is 0 Å². The number of pyridine rings is 1. The van der Waals surface area contributed by atoms with Crippen LogP contribution in [-0.4, -0.2) is 9.91 Å². The Morgan fingerprint density at radius 3 is 2.54 bits per heavy atom. The van der Waals surface area contributed by atoms with E-state index < -0.39 is 28.3 Å². The largest absolute Gasteiger partial charge is 0.358 e. The standard InChI is InChI=1S/C6H4F2N2O3/c7-5(8)3-1-2-4(11)9-6(3)10(12)13/h1-2,5H,(H,9,11). The van der Waals surface area contributed by atoms with Crippen molar-refractivity contribution in [1.82, 2.24) is 4.98 Å². The third kappa shape index (κ3) is 1.86.